The highest BCUT2D eigenvalue weighted by atomic mass is 32.2. The number of aromatic amines is 1. The lowest BCUT2D eigenvalue weighted by Gasteiger charge is -2.32. The molecular formula is C13H18N4O3S. The van der Waals surface area contributed by atoms with E-state index in [4.69, 9.17) is 4.74 Å². The molecule has 3 rings (SSSR count). The van der Waals surface area contributed by atoms with Gasteiger partial charge in [0.2, 0.25) is 5.82 Å². The average Bonchev–Trinajstić information content (AvgIpc) is 3.24. The molecule has 1 aliphatic carbocycles. The highest BCUT2D eigenvalue weighted by Gasteiger charge is 2.36. The van der Waals surface area contributed by atoms with Gasteiger partial charge in [0.15, 0.2) is 0 Å². The van der Waals surface area contributed by atoms with Crippen molar-refractivity contribution >= 4 is 23.6 Å². The number of hydrogen-bond acceptors (Lipinski definition) is 6. The molecule has 1 saturated carbocycles. The average molecular weight is 310 g/mol. The minimum absolute atomic E-state index is 0.151. The summed E-state index contributed by atoms with van der Waals surface area (Å²) < 4.78 is 5.06. The van der Waals surface area contributed by atoms with Crippen LogP contribution in [0.3, 0.4) is 0 Å². The van der Waals surface area contributed by atoms with Crippen LogP contribution >= 0.6 is 11.8 Å². The van der Waals surface area contributed by atoms with Crippen LogP contribution in [-0.2, 0) is 9.53 Å². The van der Waals surface area contributed by atoms with Crippen molar-refractivity contribution in [1.82, 2.24) is 20.1 Å². The predicted octanol–water partition coefficient (Wildman–Crippen LogP) is 0.803. The maximum Gasteiger partial charge on any atom is 0.329 e. The zero-order chi connectivity index (χ0) is 14.8. The van der Waals surface area contributed by atoms with Gasteiger partial charge >= 0.3 is 5.97 Å². The molecule has 1 aliphatic heterocycles. The van der Waals surface area contributed by atoms with Crippen molar-refractivity contribution in [3.63, 3.8) is 0 Å². The van der Waals surface area contributed by atoms with Gasteiger partial charge in [-0.3, -0.25) is 9.89 Å². The van der Waals surface area contributed by atoms with Crippen molar-refractivity contribution in [2.75, 3.05) is 24.7 Å². The first kappa shape index (κ1) is 14.4. The molecule has 114 valence electrons. The molecule has 21 heavy (non-hydrogen) atoms. The molecule has 0 spiro atoms. The number of amides is 1. The van der Waals surface area contributed by atoms with Crippen molar-refractivity contribution in [1.29, 1.82) is 0 Å². The summed E-state index contributed by atoms with van der Waals surface area (Å²) in [5, 5.41) is 6.83. The molecule has 1 N–H and O–H groups in total. The number of carbonyl (C=O) groups excluding carboxylic acids is 2. The SMILES string of the molecule is CCOC(=O)C1CSCCN1C(=O)c1n[nH]c(C2CC2)n1. The number of nitrogens with zero attached hydrogens (tertiary/aromatic N) is 3. The highest BCUT2D eigenvalue weighted by Crippen LogP contribution is 2.37. The Kier molecular flexibility index (Phi) is 4.14. The fourth-order valence-electron chi connectivity index (χ4n) is 2.32. The highest BCUT2D eigenvalue weighted by molar-refractivity contribution is 7.99. The van der Waals surface area contributed by atoms with Crippen LogP contribution in [0.1, 0.15) is 42.1 Å². The van der Waals surface area contributed by atoms with E-state index in [1.165, 1.54) is 4.90 Å². The second kappa shape index (κ2) is 6.05. The topological polar surface area (TPSA) is 88.2 Å². The molecule has 1 aromatic rings. The number of hydrogen-bond donors (Lipinski definition) is 1. The first-order valence-electron chi connectivity index (χ1n) is 7.18. The molecule has 1 amide bonds. The summed E-state index contributed by atoms with van der Waals surface area (Å²) >= 11 is 1.65. The molecule has 2 heterocycles. The van der Waals surface area contributed by atoms with E-state index in [1.54, 1.807) is 18.7 Å². The van der Waals surface area contributed by atoms with Gasteiger partial charge in [-0.05, 0) is 19.8 Å². The summed E-state index contributed by atoms with van der Waals surface area (Å²) in [4.78, 5) is 30.3. The first-order valence-corrected chi connectivity index (χ1v) is 8.33. The largest absolute Gasteiger partial charge is 0.464 e. The normalized spacial score (nSPS) is 22.1. The minimum atomic E-state index is -0.543. The molecule has 2 fully saturated rings. The summed E-state index contributed by atoms with van der Waals surface area (Å²) in [5.41, 5.74) is 0. The van der Waals surface area contributed by atoms with E-state index in [0.717, 1.165) is 24.4 Å². The van der Waals surface area contributed by atoms with Gasteiger partial charge < -0.3 is 9.64 Å². The third kappa shape index (κ3) is 3.04. The van der Waals surface area contributed by atoms with Crippen LogP contribution in [0.2, 0.25) is 0 Å². The molecule has 0 bridgehead atoms. The second-order valence-corrected chi connectivity index (χ2v) is 6.31. The smallest absolute Gasteiger partial charge is 0.329 e. The lowest BCUT2D eigenvalue weighted by molar-refractivity contribution is -0.147. The van der Waals surface area contributed by atoms with Crippen LogP contribution in [0.15, 0.2) is 0 Å². The number of carbonyl (C=O) groups is 2. The zero-order valence-corrected chi connectivity index (χ0v) is 12.7. The van der Waals surface area contributed by atoms with E-state index in [0.29, 0.717) is 24.8 Å². The van der Waals surface area contributed by atoms with E-state index in [9.17, 15) is 9.59 Å². The number of H-pyrrole nitrogens is 1. The summed E-state index contributed by atoms with van der Waals surface area (Å²) in [5.74, 6) is 2.06. The fourth-order valence-corrected chi connectivity index (χ4v) is 3.35. The van der Waals surface area contributed by atoms with Crippen LogP contribution in [0.25, 0.3) is 0 Å². The van der Waals surface area contributed by atoms with E-state index >= 15 is 0 Å². The molecule has 2 aliphatic rings. The van der Waals surface area contributed by atoms with Crippen LogP contribution in [0.5, 0.6) is 0 Å². The fraction of sp³-hybridized carbons (Fsp3) is 0.692. The van der Waals surface area contributed by atoms with E-state index in [1.807, 2.05) is 0 Å². The molecule has 1 aromatic heterocycles. The van der Waals surface area contributed by atoms with Gasteiger partial charge in [0.1, 0.15) is 11.9 Å². The standard InChI is InChI=1S/C13H18N4O3S/c1-2-20-13(19)9-7-21-6-5-17(9)12(18)11-14-10(15-16-11)8-3-4-8/h8-9H,2-7H2,1H3,(H,14,15,16). The van der Waals surface area contributed by atoms with Crippen molar-refractivity contribution in [3.8, 4) is 0 Å². The number of ether oxygens (including phenoxy) is 1. The molecule has 0 radical (unpaired) electrons. The predicted molar refractivity (Wildman–Crippen MR) is 77.1 cm³/mol. The number of nitrogens with one attached hydrogen (secondary N) is 1. The Balaban J connectivity index is 1.74. The second-order valence-electron chi connectivity index (χ2n) is 5.16. The Morgan fingerprint density at radius 2 is 2.29 bits per heavy atom. The third-order valence-corrected chi connectivity index (χ3v) is 4.63. The lowest BCUT2D eigenvalue weighted by Crippen LogP contribution is -2.51. The molecule has 0 aromatic carbocycles. The van der Waals surface area contributed by atoms with Gasteiger partial charge in [-0.15, -0.1) is 5.10 Å². The summed E-state index contributed by atoms with van der Waals surface area (Å²) in [6.07, 6.45) is 2.18. The van der Waals surface area contributed by atoms with Crippen LogP contribution < -0.4 is 0 Å². The van der Waals surface area contributed by atoms with Crippen LogP contribution in [0.4, 0.5) is 0 Å². The van der Waals surface area contributed by atoms with E-state index < -0.39 is 6.04 Å². The van der Waals surface area contributed by atoms with Crippen molar-refractivity contribution < 1.29 is 14.3 Å². The van der Waals surface area contributed by atoms with Crippen molar-refractivity contribution in [3.05, 3.63) is 11.6 Å². The molecular weight excluding hydrogens is 292 g/mol. The number of thioether (sulfide) groups is 1. The Labute approximate surface area is 126 Å². The summed E-state index contributed by atoms with van der Waals surface area (Å²) in [6, 6.07) is -0.543. The quantitative estimate of drug-likeness (QED) is 0.828. The summed E-state index contributed by atoms with van der Waals surface area (Å²) in [6.45, 7) is 2.59. The molecule has 1 saturated heterocycles. The maximum atomic E-state index is 12.5. The Morgan fingerprint density at radius 1 is 1.48 bits per heavy atom. The molecule has 7 nitrogen and oxygen atoms in total. The zero-order valence-electron chi connectivity index (χ0n) is 11.9. The van der Waals surface area contributed by atoms with Gasteiger partial charge in [0, 0.05) is 24.0 Å². The van der Waals surface area contributed by atoms with Gasteiger partial charge in [-0.1, -0.05) is 0 Å². The maximum absolute atomic E-state index is 12.5. The summed E-state index contributed by atoms with van der Waals surface area (Å²) in [7, 11) is 0. The van der Waals surface area contributed by atoms with Crippen LogP contribution in [0, 0.1) is 0 Å². The van der Waals surface area contributed by atoms with Gasteiger partial charge in [0.25, 0.3) is 5.91 Å². The molecule has 1 unspecified atom stereocenters. The van der Waals surface area contributed by atoms with Crippen molar-refractivity contribution in [2.24, 2.45) is 0 Å². The van der Waals surface area contributed by atoms with Gasteiger partial charge in [0.05, 0.1) is 6.61 Å². The number of rotatable bonds is 4. The Morgan fingerprint density at radius 3 is 3.00 bits per heavy atom. The van der Waals surface area contributed by atoms with E-state index in [-0.39, 0.29) is 17.7 Å². The lowest BCUT2D eigenvalue weighted by atomic mass is 10.2. The van der Waals surface area contributed by atoms with Gasteiger partial charge in [-0.25, -0.2) is 9.78 Å². The first-order chi connectivity index (χ1) is 10.2. The molecule has 8 heteroatoms. The molecule has 1 atom stereocenters. The monoisotopic (exact) mass is 310 g/mol. The number of aromatic nitrogens is 3. The van der Waals surface area contributed by atoms with Crippen LogP contribution in [-0.4, -0.2) is 62.7 Å². The van der Waals surface area contributed by atoms with Crippen molar-refractivity contribution in [2.45, 2.75) is 31.7 Å². The number of esters is 1. The van der Waals surface area contributed by atoms with E-state index in [2.05, 4.69) is 15.2 Å². The Bertz CT molecular complexity index is 543. The third-order valence-electron chi connectivity index (χ3n) is 3.61. The van der Waals surface area contributed by atoms with Gasteiger partial charge in [-0.2, -0.15) is 11.8 Å². The minimum Gasteiger partial charge on any atom is -0.464 e. The Hall–Kier alpha value is -1.57.